The summed E-state index contributed by atoms with van der Waals surface area (Å²) in [7, 11) is 0. The van der Waals surface area contributed by atoms with Gasteiger partial charge < -0.3 is 15.2 Å². The van der Waals surface area contributed by atoms with Crippen LogP contribution in [0.2, 0.25) is 0 Å². The van der Waals surface area contributed by atoms with Crippen molar-refractivity contribution in [2.45, 2.75) is 25.7 Å². The highest BCUT2D eigenvalue weighted by Gasteiger charge is 2.21. The molecule has 1 aromatic carbocycles. The average molecular weight is 362 g/mol. The number of hydrogen-bond donors (Lipinski definition) is 2. The van der Waals surface area contributed by atoms with Crippen molar-refractivity contribution in [3.63, 3.8) is 0 Å². The quantitative estimate of drug-likeness (QED) is 0.658. The van der Waals surface area contributed by atoms with Crippen molar-refractivity contribution in [3.8, 4) is 17.0 Å². The van der Waals surface area contributed by atoms with Crippen LogP contribution < -0.4 is 10.1 Å². The number of rotatable bonds is 9. The molecule has 1 saturated carbocycles. The number of hydrogen-bond acceptors (Lipinski definition) is 4. The number of carboxylic acid groups (broad SMARTS) is 1. The Morgan fingerprint density at radius 2 is 2.00 bits per heavy atom. The molecule has 7 heteroatoms. The van der Waals surface area contributed by atoms with E-state index in [9.17, 15) is 13.6 Å². The van der Waals surface area contributed by atoms with Crippen molar-refractivity contribution in [1.82, 2.24) is 4.98 Å². The summed E-state index contributed by atoms with van der Waals surface area (Å²) in [5.41, 5.74) is 0.772. The molecule has 26 heavy (non-hydrogen) atoms. The second-order valence-corrected chi connectivity index (χ2v) is 6.35. The van der Waals surface area contributed by atoms with Crippen molar-refractivity contribution in [1.29, 1.82) is 0 Å². The van der Waals surface area contributed by atoms with Crippen LogP contribution in [0, 0.1) is 17.6 Å². The highest BCUT2D eigenvalue weighted by Crippen LogP contribution is 2.30. The molecule has 0 saturated heterocycles. The van der Waals surface area contributed by atoms with Crippen LogP contribution in [-0.4, -0.2) is 29.2 Å². The number of anilines is 1. The highest BCUT2D eigenvalue weighted by molar-refractivity contribution is 5.66. The summed E-state index contributed by atoms with van der Waals surface area (Å²) < 4.78 is 33.5. The average Bonchev–Trinajstić information content (AvgIpc) is 3.43. The van der Waals surface area contributed by atoms with Gasteiger partial charge in [-0.2, -0.15) is 0 Å². The number of aliphatic carboxylic acids is 1. The molecule has 2 aromatic rings. The van der Waals surface area contributed by atoms with Crippen molar-refractivity contribution in [2.24, 2.45) is 5.92 Å². The zero-order chi connectivity index (χ0) is 18.5. The molecular formula is C19H20F2N2O3. The van der Waals surface area contributed by atoms with Crippen LogP contribution in [-0.2, 0) is 4.79 Å². The monoisotopic (exact) mass is 362 g/mol. The van der Waals surface area contributed by atoms with Gasteiger partial charge in [-0.3, -0.25) is 4.79 Å². The van der Waals surface area contributed by atoms with Gasteiger partial charge in [-0.1, -0.05) is 6.07 Å². The van der Waals surface area contributed by atoms with E-state index in [4.69, 9.17) is 9.84 Å². The lowest BCUT2D eigenvalue weighted by Gasteiger charge is -2.11. The Morgan fingerprint density at radius 1 is 1.27 bits per heavy atom. The molecule has 5 nitrogen and oxygen atoms in total. The molecule has 0 aliphatic heterocycles. The maximum atomic E-state index is 14.2. The molecule has 0 radical (unpaired) electrons. The number of aromatic nitrogens is 1. The van der Waals surface area contributed by atoms with Gasteiger partial charge in [0.25, 0.3) is 0 Å². The Kier molecular flexibility index (Phi) is 5.65. The normalized spacial score (nSPS) is 13.5. The summed E-state index contributed by atoms with van der Waals surface area (Å²) in [4.78, 5) is 14.8. The Morgan fingerprint density at radius 3 is 2.65 bits per heavy atom. The Labute approximate surface area is 150 Å². The SMILES string of the molecule is O=C(O)CCCOc1c(F)cc(-c2cccc(NCC3CC3)n2)cc1F. The first-order valence-electron chi connectivity index (χ1n) is 8.58. The highest BCUT2D eigenvalue weighted by atomic mass is 19.1. The predicted molar refractivity (Wildman–Crippen MR) is 93.2 cm³/mol. The Balaban J connectivity index is 1.70. The van der Waals surface area contributed by atoms with Crippen molar-refractivity contribution < 1.29 is 23.4 Å². The molecule has 0 amide bonds. The lowest BCUT2D eigenvalue weighted by molar-refractivity contribution is -0.137. The van der Waals surface area contributed by atoms with Gasteiger partial charge >= 0.3 is 5.97 Å². The van der Waals surface area contributed by atoms with E-state index in [1.165, 1.54) is 25.0 Å². The van der Waals surface area contributed by atoms with E-state index in [1.807, 2.05) is 6.07 Å². The van der Waals surface area contributed by atoms with E-state index < -0.39 is 23.4 Å². The number of carboxylic acids is 1. The molecule has 1 fully saturated rings. The first-order chi connectivity index (χ1) is 12.5. The summed E-state index contributed by atoms with van der Waals surface area (Å²) in [5, 5.41) is 11.8. The minimum absolute atomic E-state index is 0.0711. The van der Waals surface area contributed by atoms with E-state index in [0.29, 0.717) is 23.0 Å². The van der Waals surface area contributed by atoms with Gasteiger partial charge in [0, 0.05) is 18.5 Å². The molecule has 2 N–H and O–H groups in total. The Bertz CT molecular complexity index is 771. The number of ether oxygens (including phenoxy) is 1. The minimum Gasteiger partial charge on any atom is -0.488 e. The largest absolute Gasteiger partial charge is 0.488 e. The lowest BCUT2D eigenvalue weighted by Crippen LogP contribution is -2.06. The van der Waals surface area contributed by atoms with E-state index >= 15 is 0 Å². The van der Waals surface area contributed by atoms with Gasteiger partial charge in [0.2, 0.25) is 0 Å². The molecular weight excluding hydrogens is 342 g/mol. The van der Waals surface area contributed by atoms with E-state index in [0.717, 1.165) is 6.54 Å². The first kappa shape index (κ1) is 18.1. The topological polar surface area (TPSA) is 71.5 Å². The van der Waals surface area contributed by atoms with Gasteiger partial charge in [0.05, 0.1) is 12.3 Å². The van der Waals surface area contributed by atoms with Crippen LogP contribution in [0.15, 0.2) is 30.3 Å². The van der Waals surface area contributed by atoms with Gasteiger partial charge in [0.15, 0.2) is 17.4 Å². The number of benzene rings is 1. The van der Waals surface area contributed by atoms with Crippen LogP contribution in [0.3, 0.4) is 0 Å². The van der Waals surface area contributed by atoms with Gasteiger partial charge in [0.1, 0.15) is 5.82 Å². The van der Waals surface area contributed by atoms with Crippen LogP contribution in [0.4, 0.5) is 14.6 Å². The fourth-order valence-corrected chi connectivity index (χ4v) is 2.51. The second kappa shape index (κ2) is 8.12. The molecule has 1 aromatic heterocycles. The molecule has 0 bridgehead atoms. The smallest absolute Gasteiger partial charge is 0.303 e. The van der Waals surface area contributed by atoms with Crippen LogP contribution in [0.1, 0.15) is 25.7 Å². The van der Waals surface area contributed by atoms with Gasteiger partial charge in [-0.15, -0.1) is 0 Å². The number of carbonyl (C=O) groups is 1. The second-order valence-electron chi connectivity index (χ2n) is 6.35. The molecule has 1 aliphatic carbocycles. The van der Waals surface area contributed by atoms with Crippen molar-refractivity contribution >= 4 is 11.8 Å². The van der Waals surface area contributed by atoms with Gasteiger partial charge in [-0.05, 0) is 49.4 Å². The number of halogens is 2. The third kappa shape index (κ3) is 4.91. The maximum Gasteiger partial charge on any atom is 0.303 e. The van der Waals surface area contributed by atoms with Crippen molar-refractivity contribution in [2.75, 3.05) is 18.5 Å². The molecule has 3 rings (SSSR count). The fourth-order valence-electron chi connectivity index (χ4n) is 2.51. The van der Waals surface area contributed by atoms with Crippen LogP contribution in [0.5, 0.6) is 5.75 Å². The zero-order valence-electron chi connectivity index (χ0n) is 14.2. The molecule has 0 unspecified atom stereocenters. The standard InChI is InChI=1S/C19H20F2N2O3/c20-14-9-13(10-15(21)19(14)26-8-2-5-18(24)25)16-3-1-4-17(23-16)22-11-12-6-7-12/h1,3-4,9-10,12H,2,5-8,11H2,(H,22,23)(H,24,25). The summed E-state index contributed by atoms with van der Waals surface area (Å²) in [6, 6.07) is 7.62. The molecule has 0 spiro atoms. The third-order valence-corrected chi connectivity index (χ3v) is 4.09. The van der Waals surface area contributed by atoms with Gasteiger partial charge in [-0.25, -0.2) is 13.8 Å². The minimum atomic E-state index is -0.980. The Hall–Kier alpha value is -2.70. The number of nitrogens with zero attached hydrogens (tertiary/aromatic N) is 1. The predicted octanol–water partition coefficient (Wildman–Crippen LogP) is 4.09. The molecule has 1 aliphatic rings. The van der Waals surface area contributed by atoms with E-state index in [2.05, 4.69) is 10.3 Å². The summed E-state index contributed by atoms with van der Waals surface area (Å²) in [6.45, 7) is 0.778. The van der Waals surface area contributed by atoms with E-state index in [-0.39, 0.29) is 19.4 Å². The summed E-state index contributed by atoms with van der Waals surface area (Å²) in [5.74, 6) is -1.80. The maximum absolute atomic E-state index is 14.2. The third-order valence-electron chi connectivity index (χ3n) is 4.09. The molecule has 0 atom stereocenters. The zero-order valence-corrected chi connectivity index (χ0v) is 14.2. The summed E-state index contributed by atoms with van der Waals surface area (Å²) in [6.07, 6.45) is 2.49. The fraction of sp³-hybridized carbons (Fsp3) is 0.368. The molecule has 138 valence electrons. The van der Waals surface area contributed by atoms with Crippen LogP contribution >= 0.6 is 0 Å². The number of nitrogens with one attached hydrogen (secondary N) is 1. The summed E-state index contributed by atoms with van der Waals surface area (Å²) >= 11 is 0. The molecule has 1 heterocycles. The number of pyridine rings is 1. The lowest BCUT2D eigenvalue weighted by atomic mass is 10.1. The van der Waals surface area contributed by atoms with E-state index in [1.54, 1.807) is 12.1 Å². The van der Waals surface area contributed by atoms with Crippen molar-refractivity contribution in [3.05, 3.63) is 42.0 Å². The van der Waals surface area contributed by atoms with Crippen LogP contribution in [0.25, 0.3) is 11.3 Å². The first-order valence-corrected chi connectivity index (χ1v) is 8.58.